The van der Waals surface area contributed by atoms with Gasteiger partial charge in [-0.25, -0.2) is 22.6 Å². The van der Waals surface area contributed by atoms with E-state index in [0.717, 1.165) is 29.3 Å². The van der Waals surface area contributed by atoms with E-state index >= 15 is 0 Å². The predicted octanol–water partition coefficient (Wildman–Crippen LogP) is 3.38. The molecule has 4 amide bonds. The lowest BCUT2D eigenvalue weighted by Gasteiger charge is -2.23. The van der Waals surface area contributed by atoms with E-state index in [9.17, 15) is 36.7 Å². The third kappa shape index (κ3) is 9.72. The molecule has 0 aromatic heterocycles. The molecule has 222 valence electrons. The van der Waals surface area contributed by atoms with E-state index in [4.69, 9.17) is 0 Å². The molecule has 2 atom stereocenters. The second-order valence-electron chi connectivity index (χ2n) is 9.87. The summed E-state index contributed by atoms with van der Waals surface area (Å²) in [5.41, 5.74) is 3.23. The Kier molecular flexibility index (Phi) is 11.2. The van der Waals surface area contributed by atoms with E-state index in [1.165, 1.54) is 18.2 Å². The molecule has 0 aliphatic heterocycles. The van der Waals surface area contributed by atoms with Gasteiger partial charge in [0.2, 0.25) is 18.2 Å². The van der Waals surface area contributed by atoms with E-state index in [1.54, 1.807) is 32.0 Å². The minimum Gasteiger partial charge on any atom is -0.353 e. The van der Waals surface area contributed by atoms with Crippen LogP contribution < -0.4 is 16.1 Å². The highest BCUT2D eigenvalue weighted by Crippen LogP contribution is 2.14. The summed E-state index contributed by atoms with van der Waals surface area (Å²) in [6.07, 6.45) is 0.266. The molecule has 3 aromatic rings. The molecule has 3 aromatic carbocycles. The van der Waals surface area contributed by atoms with Crippen LogP contribution in [0, 0.1) is 23.3 Å². The quantitative estimate of drug-likeness (QED) is 0.162. The fourth-order valence-corrected chi connectivity index (χ4v) is 4.50. The highest BCUT2D eigenvalue weighted by molar-refractivity contribution is 5.99. The van der Waals surface area contributed by atoms with Crippen LogP contribution in [0.3, 0.4) is 0 Å². The molecule has 12 heteroatoms. The minimum absolute atomic E-state index is 0.0536. The first kappa shape index (κ1) is 31.8. The lowest BCUT2D eigenvalue weighted by atomic mass is 10.0. The number of hydrogen-bond acceptors (Lipinski definition) is 4. The fourth-order valence-electron chi connectivity index (χ4n) is 4.50. The molecular formula is C30H30F4N4O4. The Balaban J connectivity index is 1.63. The number of rotatable bonds is 13. The molecular weight excluding hydrogens is 556 g/mol. The molecule has 0 radical (unpaired) electrons. The van der Waals surface area contributed by atoms with Gasteiger partial charge in [-0.1, -0.05) is 18.2 Å². The fraction of sp³-hybridized carbons (Fsp3) is 0.267. The van der Waals surface area contributed by atoms with Crippen LogP contribution in [-0.4, -0.2) is 47.8 Å². The van der Waals surface area contributed by atoms with E-state index in [2.05, 4.69) is 16.1 Å². The maximum absolute atomic E-state index is 13.5. The van der Waals surface area contributed by atoms with E-state index in [-0.39, 0.29) is 31.2 Å². The van der Waals surface area contributed by atoms with Gasteiger partial charge in [0.05, 0.1) is 6.42 Å². The topological polar surface area (TPSA) is 108 Å². The zero-order valence-electron chi connectivity index (χ0n) is 22.9. The predicted molar refractivity (Wildman–Crippen MR) is 146 cm³/mol. The molecule has 0 spiro atoms. The molecule has 0 aliphatic carbocycles. The summed E-state index contributed by atoms with van der Waals surface area (Å²) in [5, 5.41) is 6.11. The summed E-state index contributed by atoms with van der Waals surface area (Å²) in [6.45, 7) is 2.69. The Morgan fingerprint density at radius 3 is 1.74 bits per heavy atom. The highest BCUT2D eigenvalue weighted by atomic mass is 19.1. The average Bonchev–Trinajstić information content (AvgIpc) is 2.86. The van der Waals surface area contributed by atoms with Crippen LogP contribution in [0.5, 0.6) is 0 Å². The summed E-state index contributed by atoms with van der Waals surface area (Å²) in [5.74, 6) is -4.83. The number of carbonyl (C=O) groups is 4. The van der Waals surface area contributed by atoms with E-state index < -0.39 is 59.6 Å². The molecule has 42 heavy (non-hydrogen) atoms. The van der Waals surface area contributed by atoms with Crippen molar-refractivity contribution in [2.24, 2.45) is 0 Å². The molecule has 8 nitrogen and oxygen atoms in total. The Bertz CT molecular complexity index is 1410. The zero-order chi connectivity index (χ0) is 30.8. The maximum atomic E-state index is 13.5. The van der Waals surface area contributed by atoms with Crippen LogP contribution in [0.25, 0.3) is 0 Å². The number of nitrogens with zero attached hydrogens (tertiary/aromatic N) is 1. The van der Waals surface area contributed by atoms with E-state index in [1.807, 2.05) is 0 Å². The number of nitrogens with one attached hydrogen (secondary N) is 3. The normalized spacial score (nSPS) is 12.1. The van der Waals surface area contributed by atoms with Crippen molar-refractivity contribution in [3.63, 3.8) is 0 Å². The summed E-state index contributed by atoms with van der Waals surface area (Å²) < 4.78 is 53.9. The average molecular weight is 587 g/mol. The molecule has 3 rings (SSSR count). The molecule has 3 N–H and O–H groups in total. The summed E-state index contributed by atoms with van der Waals surface area (Å²) in [7, 11) is 0. The van der Waals surface area contributed by atoms with Crippen LogP contribution in [0.4, 0.5) is 17.6 Å². The first-order chi connectivity index (χ1) is 19.9. The monoisotopic (exact) mass is 586 g/mol. The van der Waals surface area contributed by atoms with Gasteiger partial charge in [-0.15, -0.1) is 0 Å². The van der Waals surface area contributed by atoms with Gasteiger partial charge in [0.15, 0.2) is 0 Å². The molecule has 0 fully saturated rings. The largest absolute Gasteiger partial charge is 0.353 e. The van der Waals surface area contributed by atoms with Crippen molar-refractivity contribution in [2.45, 2.75) is 45.2 Å². The zero-order valence-corrected chi connectivity index (χ0v) is 22.9. The van der Waals surface area contributed by atoms with Gasteiger partial charge < -0.3 is 10.6 Å². The number of benzene rings is 3. The SMILES string of the molecule is CC(Cc1cc(F)cc(F)c1)NC(=O)Cc1ccccc1C(=O)N(CC(=O)N[C@H](C)Cc1cc(F)cc(F)c1)NC=O. The number of hydrazine groups is 1. The maximum Gasteiger partial charge on any atom is 0.273 e. The van der Waals surface area contributed by atoms with Crippen LogP contribution in [-0.2, 0) is 33.6 Å². The second kappa shape index (κ2) is 14.8. The Morgan fingerprint density at radius 2 is 1.24 bits per heavy atom. The Hall–Kier alpha value is -4.74. The van der Waals surface area contributed by atoms with Crippen molar-refractivity contribution in [1.82, 2.24) is 21.1 Å². The molecule has 0 saturated heterocycles. The van der Waals surface area contributed by atoms with Gasteiger partial charge in [0, 0.05) is 29.8 Å². The summed E-state index contributed by atoms with van der Waals surface area (Å²) in [4.78, 5) is 49.9. The van der Waals surface area contributed by atoms with Crippen molar-refractivity contribution in [3.8, 4) is 0 Å². The number of amides is 4. The summed E-state index contributed by atoms with van der Waals surface area (Å²) >= 11 is 0. The van der Waals surface area contributed by atoms with Crippen molar-refractivity contribution >= 4 is 24.1 Å². The van der Waals surface area contributed by atoms with Crippen molar-refractivity contribution < 1.29 is 36.7 Å². The van der Waals surface area contributed by atoms with Gasteiger partial charge in [0.25, 0.3) is 5.91 Å². The number of halogens is 4. The molecule has 0 bridgehead atoms. The van der Waals surface area contributed by atoms with Crippen LogP contribution in [0.1, 0.15) is 40.9 Å². The van der Waals surface area contributed by atoms with Crippen molar-refractivity contribution in [3.05, 3.63) is 106 Å². The van der Waals surface area contributed by atoms with Crippen LogP contribution in [0.15, 0.2) is 60.7 Å². The van der Waals surface area contributed by atoms with Gasteiger partial charge in [-0.05, 0) is 73.7 Å². The van der Waals surface area contributed by atoms with Crippen LogP contribution >= 0.6 is 0 Å². The Morgan fingerprint density at radius 1 is 0.762 bits per heavy atom. The summed E-state index contributed by atoms with van der Waals surface area (Å²) in [6, 6.07) is 11.2. The molecule has 0 heterocycles. The molecule has 1 unspecified atom stereocenters. The van der Waals surface area contributed by atoms with Crippen molar-refractivity contribution in [2.75, 3.05) is 6.54 Å². The van der Waals surface area contributed by atoms with Crippen molar-refractivity contribution in [1.29, 1.82) is 0 Å². The molecule has 0 aliphatic rings. The van der Waals surface area contributed by atoms with Gasteiger partial charge >= 0.3 is 0 Å². The highest BCUT2D eigenvalue weighted by Gasteiger charge is 2.23. The number of carbonyl (C=O) groups excluding carboxylic acids is 4. The third-order valence-corrected chi connectivity index (χ3v) is 6.10. The first-order valence-electron chi connectivity index (χ1n) is 13.0. The standard InChI is InChI=1S/C30H30F4N4O4/c1-18(7-20-9-23(31)14-24(32)10-20)36-28(40)13-22-5-3-4-6-27(22)30(42)38(35-17-39)16-29(41)37-19(2)8-21-11-25(33)15-26(34)12-21/h3-6,9-12,14-15,17-19H,7-8,13,16H2,1-2H3,(H,35,39)(H,36,40)(H,37,41)/t18?,19-/m1/s1. The second-order valence-corrected chi connectivity index (χ2v) is 9.87. The van der Waals surface area contributed by atoms with Gasteiger partial charge in [-0.2, -0.15) is 0 Å². The first-order valence-corrected chi connectivity index (χ1v) is 13.0. The Labute approximate surface area is 240 Å². The van der Waals surface area contributed by atoms with Gasteiger partial charge in [-0.3, -0.25) is 24.6 Å². The smallest absolute Gasteiger partial charge is 0.273 e. The van der Waals surface area contributed by atoms with E-state index in [0.29, 0.717) is 16.7 Å². The lowest BCUT2D eigenvalue weighted by Crippen LogP contribution is -2.49. The van der Waals surface area contributed by atoms with Gasteiger partial charge in [0.1, 0.15) is 29.8 Å². The molecule has 0 saturated carbocycles. The minimum atomic E-state index is -0.760. The van der Waals surface area contributed by atoms with Crippen LogP contribution in [0.2, 0.25) is 0 Å². The number of hydrogen-bond donors (Lipinski definition) is 3. The third-order valence-electron chi connectivity index (χ3n) is 6.10. The lowest BCUT2D eigenvalue weighted by molar-refractivity contribution is -0.124.